The van der Waals surface area contributed by atoms with E-state index in [0.717, 1.165) is 0 Å². The van der Waals surface area contributed by atoms with Crippen molar-refractivity contribution in [3.63, 3.8) is 0 Å². The molecule has 0 saturated heterocycles. The Morgan fingerprint density at radius 2 is 1.69 bits per heavy atom. The third-order valence-corrected chi connectivity index (χ3v) is 6.37. The highest BCUT2D eigenvalue weighted by Crippen LogP contribution is 2.48. The molecule has 32 heavy (non-hydrogen) atoms. The molecule has 0 atom stereocenters. The molecule has 0 radical (unpaired) electrons. The van der Waals surface area contributed by atoms with E-state index in [2.05, 4.69) is 15.2 Å². The molecule has 0 fully saturated rings. The summed E-state index contributed by atoms with van der Waals surface area (Å²) >= 11 is 30.2. The maximum atomic E-state index is 12.6. The lowest BCUT2D eigenvalue weighted by Gasteiger charge is -2.12. The molecular formula is C19H14Cl5N3O5. The summed E-state index contributed by atoms with van der Waals surface area (Å²) in [4.78, 5) is 24.5. The van der Waals surface area contributed by atoms with Crippen LogP contribution in [0.1, 0.15) is 33.7 Å². The molecule has 3 aromatic rings. The van der Waals surface area contributed by atoms with Crippen molar-refractivity contribution in [1.82, 2.24) is 9.78 Å². The van der Waals surface area contributed by atoms with E-state index in [0.29, 0.717) is 6.54 Å². The van der Waals surface area contributed by atoms with Gasteiger partial charge in [-0.1, -0.05) is 58.0 Å². The van der Waals surface area contributed by atoms with Crippen LogP contribution in [0, 0.1) is 0 Å². The molecule has 2 aromatic heterocycles. The fourth-order valence-electron chi connectivity index (χ4n) is 2.54. The summed E-state index contributed by atoms with van der Waals surface area (Å²) in [6.45, 7) is 2.19. The van der Waals surface area contributed by atoms with Crippen LogP contribution < -0.4 is 10.1 Å². The van der Waals surface area contributed by atoms with E-state index in [-0.39, 0.29) is 60.4 Å². The molecule has 1 amide bonds. The fraction of sp³-hybridized carbons (Fsp3) is 0.211. The zero-order chi connectivity index (χ0) is 23.6. The van der Waals surface area contributed by atoms with Gasteiger partial charge in [0.15, 0.2) is 17.2 Å². The number of nitrogens with one attached hydrogen (secondary N) is 1. The number of furan rings is 1. The van der Waals surface area contributed by atoms with Crippen LogP contribution in [0.15, 0.2) is 22.7 Å². The Kier molecular flexibility index (Phi) is 7.84. The number of nitrogens with zero attached hydrogens (tertiary/aromatic N) is 2. The predicted octanol–water partition coefficient (Wildman–Crippen LogP) is 6.38. The van der Waals surface area contributed by atoms with Gasteiger partial charge in [0, 0.05) is 12.7 Å². The van der Waals surface area contributed by atoms with Crippen molar-refractivity contribution in [3.8, 4) is 5.75 Å². The molecule has 3 rings (SSSR count). The van der Waals surface area contributed by atoms with Crippen molar-refractivity contribution in [2.45, 2.75) is 20.1 Å². The largest absolute Gasteiger partial charge is 0.482 e. The molecule has 0 aliphatic heterocycles. The minimum absolute atomic E-state index is 0.00496. The van der Waals surface area contributed by atoms with E-state index in [1.807, 2.05) is 6.92 Å². The number of hydrogen-bond acceptors (Lipinski definition) is 6. The number of rotatable bonds is 7. The second-order valence-electron chi connectivity index (χ2n) is 6.15. The van der Waals surface area contributed by atoms with Crippen LogP contribution in [0.5, 0.6) is 5.75 Å². The van der Waals surface area contributed by atoms with E-state index in [9.17, 15) is 9.59 Å². The van der Waals surface area contributed by atoms with Crippen molar-refractivity contribution < 1.29 is 23.5 Å². The van der Waals surface area contributed by atoms with E-state index in [4.69, 9.17) is 67.2 Å². The zero-order valence-corrected chi connectivity index (χ0v) is 20.3. The van der Waals surface area contributed by atoms with Crippen molar-refractivity contribution in [2.75, 3.05) is 12.4 Å². The highest BCUT2D eigenvalue weighted by molar-refractivity contribution is 6.55. The van der Waals surface area contributed by atoms with Crippen LogP contribution in [0.3, 0.4) is 0 Å². The summed E-state index contributed by atoms with van der Waals surface area (Å²) in [7, 11) is 1.22. The number of halogens is 5. The van der Waals surface area contributed by atoms with Gasteiger partial charge in [-0.05, 0) is 19.1 Å². The summed E-state index contributed by atoms with van der Waals surface area (Å²) in [5.74, 6) is -1.03. The van der Waals surface area contributed by atoms with Gasteiger partial charge < -0.3 is 19.2 Å². The Morgan fingerprint density at radius 1 is 1.06 bits per heavy atom. The smallest absolute Gasteiger partial charge is 0.360 e. The van der Waals surface area contributed by atoms with Gasteiger partial charge in [-0.2, -0.15) is 5.10 Å². The molecule has 1 N–H and O–H groups in total. The number of hydrogen-bond donors (Lipinski definition) is 1. The maximum absolute atomic E-state index is 12.6. The number of amides is 1. The number of carbonyl (C=O) groups is 2. The SMILES string of the molecule is CCn1cc(NC(=O)c2ccc(COc3c(Cl)c(Cl)c(Cl)c(Cl)c3Cl)o2)c(C(=O)OC)n1. The van der Waals surface area contributed by atoms with E-state index >= 15 is 0 Å². The molecule has 0 aliphatic rings. The number of ether oxygens (including phenoxy) is 2. The molecule has 13 heteroatoms. The Bertz CT molecular complexity index is 1160. The lowest BCUT2D eigenvalue weighted by Crippen LogP contribution is -2.14. The monoisotopic (exact) mass is 539 g/mol. The Hall–Kier alpha value is -2.10. The van der Waals surface area contributed by atoms with Gasteiger partial charge in [-0.15, -0.1) is 0 Å². The molecule has 0 bridgehead atoms. The molecule has 8 nitrogen and oxygen atoms in total. The van der Waals surface area contributed by atoms with E-state index in [1.165, 1.54) is 30.1 Å². The summed E-state index contributed by atoms with van der Waals surface area (Å²) < 4.78 is 17.3. The molecule has 0 aliphatic carbocycles. The molecule has 2 heterocycles. The number of anilines is 1. The standard InChI is InChI=1S/C19H14Cl5N3O5/c1-3-27-6-9(16(26-27)19(29)30-2)25-18(28)10-5-4-8(32-10)7-31-17-14(23)12(21)11(20)13(22)15(17)24/h4-6H,3,7H2,1-2H3,(H,25,28). The number of esters is 1. The van der Waals surface area contributed by atoms with E-state index < -0.39 is 11.9 Å². The van der Waals surface area contributed by atoms with Gasteiger partial charge in [0.2, 0.25) is 0 Å². The summed E-state index contributed by atoms with van der Waals surface area (Å²) in [5, 5.41) is 6.60. The maximum Gasteiger partial charge on any atom is 0.360 e. The van der Waals surface area contributed by atoms with Crippen molar-refractivity contribution >= 4 is 75.6 Å². The minimum Gasteiger partial charge on any atom is -0.482 e. The first kappa shape index (κ1) is 24.5. The Balaban J connectivity index is 1.74. The minimum atomic E-state index is -0.685. The first-order chi connectivity index (χ1) is 15.2. The quantitative estimate of drug-likeness (QED) is 0.212. The second-order valence-corrected chi connectivity index (χ2v) is 8.04. The Labute approximate surface area is 207 Å². The molecule has 0 spiro atoms. The summed E-state index contributed by atoms with van der Waals surface area (Å²) in [5.41, 5.74) is 0.153. The lowest BCUT2D eigenvalue weighted by atomic mass is 10.3. The number of aryl methyl sites for hydroxylation is 1. The van der Waals surface area contributed by atoms with Crippen molar-refractivity contribution in [3.05, 3.63) is 60.7 Å². The molecule has 0 unspecified atom stereocenters. The van der Waals surface area contributed by atoms with Gasteiger partial charge in [-0.3, -0.25) is 9.48 Å². The van der Waals surface area contributed by atoms with E-state index in [1.54, 1.807) is 0 Å². The van der Waals surface area contributed by atoms with Crippen molar-refractivity contribution in [2.24, 2.45) is 0 Å². The third-order valence-electron chi connectivity index (χ3n) is 4.13. The van der Waals surface area contributed by atoms with Gasteiger partial charge in [-0.25, -0.2) is 4.79 Å². The van der Waals surface area contributed by atoms with Crippen LogP contribution in [-0.4, -0.2) is 28.8 Å². The van der Waals surface area contributed by atoms with Gasteiger partial charge in [0.1, 0.15) is 22.4 Å². The number of aromatic nitrogens is 2. The van der Waals surface area contributed by atoms with Crippen LogP contribution >= 0.6 is 58.0 Å². The van der Waals surface area contributed by atoms with Crippen LogP contribution in [0.25, 0.3) is 0 Å². The fourth-order valence-corrected chi connectivity index (χ4v) is 3.77. The molecular weight excluding hydrogens is 527 g/mol. The average molecular weight is 542 g/mol. The molecule has 1 aromatic carbocycles. The van der Waals surface area contributed by atoms with Gasteiger partial charge in [0.25, 0.3) is 5.91 Å². The van der Waals surface area contributed by atoms with Gasteiger partial charge >= 0.3 is 5.97 Å². The number of methoxy groups -OCH3 is 1. The van der Waals surface area contributed by atoms with Crippen LogP contribution in [0.4, 0.5) is 5.69 Å². The van der Waals surface area contributed by atoms with Gasteiger partial charge in [0.05, 0.1) is 27.9 Å². The summed E-state index contributed by atoms with van der Waals surface area (Å²) in [6.07, 6.45) is 1.51. The average Bonchev–Trinajstić information content (AvgIpc) is 3.43. The van der Waals surface area contributed by atoms with Crippen LogP contribution in [0.2, 0.25) is 25.1 Å². The van der Waals surface area contributed by atoms with Crippen LogP contribution in [-0.2, 0) is 17.9 Å². The molecule has 0 saturated carbocycles. The predicted molar refractivity (Wildman–Crippen MR) is 122 cm³/mol. The topological polar surface area (TPSA) is 95.6 Å². The first-order valence-electron chi connectivity index (χ1n) is 8.87. The third kappa shape index (κ3) is 4.94. The number of carbonyl (C=O) groups excluding carboxylic acids is 2. The molecule has 170 valence electrons. The lowest BCUT2D eigenvalue weighted by molar-refractivity contribution is 0.0594. The highest BCUT2D eigenvalue weighted by Gasteiger charge is 2.23. The van der Waals surface area contributed by atoms with Crippen molar-refractivity contribution in [1.29, 1.82) is 0 Å². The zero-order valence-electron chi connectivity index (χ0n) is 16.5. The Morgan fingerprint density at radius 3 is 2.28 bits per heavy atom. The number of benzene rings is 1. The second kappa shape index (κ2) is 10.2. The first-order valence-corrected chi connectivity index (χ1v) is 10.8. The normalized spacial score (nSPS) is 10.8. The summed E-state index contributed by atoms with van der Waals surface area (Å²) in [6, 6.07) is 2.95. The highest BCUT2D eigenvalue weighted by atomic mass is 35.5.